The van der Waals surface area contributed by atoms with Gasteiger partial charge in [-0.25, -0.2) is 4.98 Å². The summed E-state index contributed by atoms with van der Waals surface area (Å²) < 4.78 is 6.78. The Labute approximate surface area is 182 Å². The molecule has 164 valence electrons. The molecule has 0 unspecified atom stereocenters. The van der Waals surface area contributed by atoms with Gasteiger partial charge in [0.05, 0.1) is 22.9 Å². The molecule has 0 radical (unpaired) electrons. The molecule has 10 nitrogen and oxygen atoms in total. The van der Waals surface area contributed by atoms with Crippen molar-refractivity contribution in [1.29, 1.82) is 0 Å². The largest absolute Gasteiger partial charge is 0.489 e. The van der Waals surface area contributed by atoms with Crippen LogP contribution in [0, 0.1) is 10.1 Å². The molecule has 1 aliphatic rings. The molecular weight excluding hydrogens is 416 g/mol. The maximum absolute atomic E-state index is 12.9. The molecular formula is C22H20N4O6. The van der Waals surface area contributed by atoms with Crippen LogP contribution in [0.15, 0.2) is 59.5 Å². The van der Waals surface area contributed by atoms with Crippen molar-refractivity contribution in [2.24, 2.45) is 0 Å². The lowest BCUT2D eigenvalue weighted by Crippen LogP contribution is -2.29. The molecule has 0 spiro atoms. The van der Waals surface area contributed by atoms with Crippen LogP contribution in [0.2, 0.25) is 0 Å². The van der Waals surface area contributed by atoms with E-state index in [1.54, 1.807) is 0 Å². The number of nitro groups is 1. The molecule has 0 atom stereocenters. The average molecular weight is 436 g/mol. The smallest absolute Gasteiger partial charge is 0.323 e. The Morgan fingerprint density at radius 1 is 1.25 bits per heavy atom. The zero-order valence-electron chi connectivity index (χ0n) is 16.9. The Balaban J connectivity index is 1.74. The number of ether oxygens (including phenoxy) is 1. The molecule has 0 saturated heterocycles. The van der Waals surface area contributed by atoms with E-state index in [0.29, 0.717) is 0 Å². The van der Waals surface area contributed by atoms with Crippen LogP contribution in [0.1, 0.15) is 18.4 Å². The van der Waals surface area contributed by atoms with E-state index in [4.69, 9.17) is 4.74 Å². The van der Waals surface area contributed by atoms with Gasteiger partial charge in [-0.2, -0.15) is 0 Å². The van der Waals surface area contributed by atoms with Gasteiger partial charge in [0.15, 0.2) is 5.82 Å². The van der Waals surface area contributed by atoms with Crippen LogP contribution in [0.5, 0.6) is 5.75 Å². The standard InChI is InChI=1S/C22H20N4O6/c27-20(28)12-25-19(11-23-21(22(25)29)24-16-6-7-16)15-8-17(26(30)31)10-18(9-15)32-13-14-4-2-1-3-5-14/h1-5,8-11,16H,6-7,12-13H2,(H,23,24)(H,27,28). The van der Waals surface area contributed by atoms with Crippen molar-refractivity contribution >= 4 is 17.5 Å². The molecule has 0 amide bonds. The summed E-state index contributed by atoms with van der Waals surface area (Å²) >= 11 is 0. The number of non-ortho nitro benzene ring substituents is 1. The van der Waals surface area contributed by atoms with Gasteiger partial charge in [-0.15, -0.1) is 0 Å². The molecule has 0 aliphatic heterocycles. The minimum absolute atomic E-state index is 0.0588. The molecule has 1 heterocycles. The third kappa shape index (κ3) is 4.91. The summed E-state index contributed by atoms with van der Waals surface area (Å²) in [6.07, 6.45) is 3.17. The van der Waals surface area contributed by atoms with Crippen molar-refractivity contribution < 1.29 is 19.6 Å². The molecule has 1 saturated carbocycles. The average Bonchev–Trinajstić information content (AvgIpc) is 3.59. The van der Waals surface area contributed by atoms with E-state index in [1.807, 2.05) is 30.3 Å². The number of hydrogen-bond acceptors (Lipinski definition) is 7. The van der Waals surface area contributed by atoms with Gasteiger partial charge in [0.2, 0.25) is 0 Å². The second kappa shape index (κ2) is 8.88. The third-order valence-electron chi connectivity index (χ3n) is 4.91. The monoisotopic (exact) mass is 436 g/mol. The summed E-state index contributed by atoms with van der Waals surface area (Å²) in [6.45, 7) is -0.426. The number of carbonyl (C=O) groups is 1. The number of rotatable bonds is 9. The number of aliphatic carboxylic acids is 1. The molecule has 4 rings (SSSR count). The SMILES string of the molecule is O=C(O)Cn1c(-c2cc(OCc3ccccc3)cc([N+](=O)[O-])c2)cnc(NC2CC2)c1=O. The normalized spacial score (nSPS) is 12.9. The molecule has 0 bridgehead atoms. The highest BCUT2D eigenvalue weighted by atomic mass is 16.6. The predicted octanol–water partition coefficient (Wildman–Crippen LogP) is 3.06. The van der Waals surface area contributed by atoms with Crippen LogP contribution in [0.4, 0.5) is 11.5 Å². The molecule has 2 aromatic carbocycles. The fourth-order valence-corrected chi connectivity index (χ4v) is 3.19. The predicted molar refractivity (Wildman–Crippen MR) is 116 cm³/mol. The first-order valence-electron chi connectivity index (χ1n) is 9.95. The van der Waals surface area contributed by atoms with Crippen LogP contribution in [-0.4, -0.2) is 31.6 Å². The number of nitro benzene ring substituents is 1. The van der Waals surface area contributed by atoms with E-state index in [-0.39, 0.29) is 41.2 Å². The van der Waals surface area contributed by atoms with Crippen LogP contribution in [0.25, 0.3) is 11.3 Å². The van der Waals surface area contributed by atoms with Crippen molar-refractivity contribution in [2.45, 2.75) is 32.0 Å². The van der Waals surface area contributed by atoms with E-state index in [1.165, 1.54) is 24.4 Å². The van der Waals surface area contributed by atoms with E-state index in [2.05, 4.69) is 10.3 Å². The summed E-state index contributed by atoms with van der Waals surface area (Å²) in [5.74, 6) is -0.945. The minimum atomic E-state index is -1.22. The van der Waals surface area contributed by atoms with Crippen LogP contribution < -0.4 is 15.6 Å². The number of aromatic nitrogens is 2. The number of carboxylic acids is 1. The maximum atomic E-state index is 12.9. The van der Waals surface area contributed by atoms with Gasteiger partial charge in [-0.3, -0.25) is 24.3 Å². The number of nitrogens with zero attached hydrogens (tertiary/aromatic N) is 3. The first kappa shape index (κ1) is 21.0. The Hall–Kier alpha value is -4.21. The summed E-state index contributed by atoms with van der Waals surface area (Å²) in [5.41, 5.74) is 0.425. The molecule has 2 N–H and O–H groups in total. The van der Waals surface area contributed by atoms with Gasteiger partial charge >= 0.3 is 5.97 Å². The topological polar surface area (TPSA) is 137 Å². The van der Waals surface area contributed by atoms with E-state index in [9.17, 15) is 24.8 Å². The molecule has 1 aromatic heterocycles. The second-order valence-electron chi connectivity index (χ2n) is 7.44. The summed E-state index contributed by atoms with van der Waals surface area (Å²) in [5, 5.41) is 23.8. The first-order chi connectivity index (χ1) is 15.4. The Bertz CT molecular complexity index is 1220. The highest BCUT2D eigenvalue weighted by molar-refractivity contribution is 5.70. The third-order valence-corrected chi connectivity index (χ3v) is 4.91. The highest BCUT2D eigenvalue weighted by Crippen LogP contribution is 2.30. The van der Waals surface area contributed by atoms with E-state index < -0.39 is 23.0 Å². The number of carboxylic acid groups (broad SMARTS) is 1. The number of anilines is 1. The zero-order valence-corrected chi connectivity index (χ0v) is 16.9. The summed E-state index contributed by atoms with van der Waals surface area (Å²) in [7, 11) is 0. The van der Waals surface area contributed by atoms with Crippen molar-refractivity contribution in [3.63, 3.8) is 0 Å². The molecule has 10 heteroatoms. The first-order valence-corrected chi connectivity index (χ1v) is 9.95. The van der Waals surface area contributed by atoms with Crippen molar-refractivity contribution in [2.75, 3.05) is 5.32 Å². The zero-order chi connectivity index (χ0) is 22.7. The van der Waals surface area contributed by atoms with E-state index >= 15 is 0 Å². The minimum Gasteiger partial charge on any atom is -0.489 e. The number of nitrogens with one attached hydrogen (secondary N) is 1. The Morgan fingerprint density at radius 3 is 2.66 bits per heavy atom. The van der Waals surface area contributed by atoms with Crippen molar-refractivity contribution in [3.8, 4) is 17.0 Å². The van der Waals surface area contributed by atoms with Gasteiger partial charge in [0, 0.05) is 17.7 Å². The van der Waals surface area contributed by atoms with Crippen molar-refractivity contribution in [1.82, 2.24) is 9.55 Å². The highest BCUT2D eigenvalue weighted by Gasteiger charge is 2.24. The quantitative estimate of drug-likeness (QED) is 0.386. The maximum Gasteiger partial charge on any atom is 0.323 e. The Morgan fingerprint density at radius 2 is 2.00 bits per heavy atom. The van der Waals surface area contributed by atoms with Gasteiger partial charge in [-0.1, -0.05) is 30.3 Å². The summed E-state index contributed by atoms with van der Waals surface area (Å²) in [6, 6.07) is 13.5. The lowest BCUT2D eigenvalue weighted by molar-refractivity contribution is -0.384. The molecule has 1 fully saturated rings. The lowest BCUT2D eigenvalue weighted by Gasteiger charge is -2.14. The fourth-order valence-electron chi connectivity index (χ4n) is 3.19. The molecule has 1 aliphatic carbocycles. The summed E-state index contributed by atoms with van der Waals surface area (Å²) in [4.78, 5) is 39.4. The van der Waals surface area contributed by atoms with Crippen molar-refractivity contribution in [3.05, 3.63) is 80.8 Å². The van der Waals surface area contributed by atoms with Crippen LogP contribution in [0.3, 0.4) is 0 Å². The van der Waals surface area contributed by atoms with E-state index in [0.717, 1.165) is 23.0 Å². The Kier molecular flexibility index (Phi) is 5.84. The fraction of sp³-hybridized carbons (Fsp3) is 0.227. The number of benzene rings is 2. The van der Waals surface area contributed by atoms with Crippen LogP contribution >= 0.6 is 0 Å². The molecule has 3 aromatic rings. The van der Waals surface area contributed by atoms with Crippen LogP contribution in [-0.2, 0) is 17.9 Å². The molecule has 32 heavy (non-hydrogen) atoms. The number of hydrogen-bond donors (Lipinski definition) is 2. The van der Waals surface area contributed by atoms with Gasteiger partial charge in [-0.05, 0) is 24.5 Å². The second-order valence-corrected chi connectivity index (χ2v) is 7.44. The van der Waals surface area contributed by atoms with Gasteiger partial charge < -0.3 is 15.2 Å². The van der Waals surface area contributed by atoms with Gasteiger partial charge in [0.25, 0.3) is 11.2 Å². The van der Waals surface area contributed by atoms with Gasteiger partial charge in [0.1, 0.15) is 18.9 Å². The lowest BCUT2D eigenvalue weighted by atomic mass is 10.1.